The number of rotatable bonds is 6. The first-order chi connectivity index (χ1) is 13.6. The van der Waals surface area contributed by atoms with Crippen LogP contribution in [0.1, 0.15) is 11.1 Å². The second-order valence-electron chi connectivity index (χ2n) is 6.48. The predicted octanol–water partition coefficient (Wildman–Crippen LogP) is 6.03. The largest absolute Gasteiger partial charge is 0.342 e. The molecule has 0 atom stereocenters. The Balaban J connectivity index is 1.58. The van der Waals surface area contributed by atoms with Crippen LogP contribution >= 0.6 is 11.8 Å². The zero-order chi connectivity index (χ0) is 19.5. The van der Waals surface area contributed by atoms with E-state index >= 15 is 0 Å². The topological polar surface area (TPSA) is 48.1 Å². The Bertz CT molecular complexity index is 1120. The number of hydrogen-bond donors (Lipinski definition) is 0. The number of nitrogens with zero attached hydrogens (tertiary/aromatic N) is 2. The van der Waals surface area contributed by atoms with E-state index in [9.17, 15) is 14.5 Å². The molecule has 0 spiro atoms. The van der Waals surface area contributed by atoms with Crippen molar-refractivity contribution in [2.75, 3.05) is 0 Å². The number of fused-ring (bicyclic) bond motifs is 1. The van der Waals surface area contributed by atoms with Crippen molar-refractivity contribution in [3.05, 3.63) is 106 Å². The van der Waals surface area contributed by atoms with Gasteiger partial charge in [-0.3, -0.25) is 10.1 Å². The van der Waals surface area contributed by atoms with Crippen molar-refractivity contribution in [2.24, 2.45) is 0 Å². The predicted molar refractivity (Wildman–Crippen MR) is 110 cm³/mol. The molecule has 0 N–H and O–H groups in total. The summed E-state index contributed by atoms with van der Waals surface area (Å²) in [5, 5.41) is 12.0. The standard InChI is InChI=1S/C22H17FN2O2S/c23-18-9-5-17(6-10-18)15-28-22-14-24(21-4-2-1-3-20(21)22)13-16-7-11-19(12-8-16)25(26)27/h1-12,14H,13,15H2. The van der Waals surface area contributed by atoms with Gasteiger partial charge < -0.3 is 4.57 Å². The molecule has 0 saturated heterocycles. The molecular weight excluding hydrogens is 375 g/mol. The fourth-order valence-electron chi connectivity index (χ4n) is 3.12. The van der Waals surface area contributed by atoms with Gasteiger partial charge in [0.2, 0.25) is 0 Å². The maximum absolute atomic E-state index is 13.1. The first-order valence-electron chi connectivity index (χ1n) is 8.78. The summed E-state index contributed by atoms with van der Waals surface area (Å²) in [4.78, 5) is 11.6. The third-order valence-corrected chi connectivity index (χ3v) is 5.67. The van der Waals surface area contributed by atoms with Gasteiger partial charge in [-0.15, -0.1) is 11.8 Å². The van der Waals surface area contributed by atoms with Crippen LogP contribution in [-0.2, 0) is 12.3 Å². The van der Waals surface area contributed by atoms with E-state index in [0.29, 0.717) is 6.54 Å². The lowest BCUT2D eigenvalue weighted by Gasteiger charge is -2.05. The van der Waals surface area contributed by atoms with E-state index in [1.54, 1.807) is 36.0 Å². The summed E-state index contributed by atoms with van der Waals surface area (Å²) in [7, 11) is 0. The van der Waals surface area contributed by atoms with E-state index in [2.05, 4.69) is 22.9 Å². The summed E-state index contributed by atoms with van der Waals surface area (Å²) < 4.78 is 15.2. The second kappa shape index (κ2) is 7.86. The molecule has 1 heterocycles. The molecule has 0 amide bonds. The number of aromatic nitrogens is 1. The molecule has 0 aliphatic rings. The van der Waals surface area contributed by atoms with Gasteiger partial charge in [-0.2, -0.15) is 0 Å². The minimum Gasteiger partial charge on any atom is -0.342 e. The van der Waals surface area contributed by atoms with Gasteiger partial charge in [0, 0.05) is 46.4 Å². The minimum atomic E-state index is -0.390. The molecule has 0 aliphatic carbocycles. The normalized spacial score (nSPS) is 11.0. The quantitative estimate of drug-likeness (QED) is 0.229. The lowest BCUT2D eigenvalue weighted by Crippen LogP contribution is -1.98. The number of non-ortho nitro benzene ring substituents is 1. The second-order valence-corrected chi connectivity index (χ2v) is 7.49. The smallest absolute Gasteiger partial charge is 0.269 e. The van der Waals surface area contributed by atoms with E-state index in [1.807, 2.05) is 12.1 Å². The lowest BCUT2D eigenvalue weighted by atomic mass is 10.2. The lowest BCUT2D eigenvalue weighted by molar-refractivity contribution is -0.384. The number of thioether (sulfide) groups is 1. The molecule has 0 radical (unpaired) electrons. The summed E-state index contributed by atoms with van der Waals surface area (Å²) in [5.74, 6) is 0.527. The van der Waals surface area contributed by atoms with Crippen molar-refractivity contribution in [3.63, 3.8) is 0 Å². The maximum Gasteiger partial charge on any atom is 0.269 e. The van der Waals surface area contributed by atoms with Gasteiger partial charge in [0.1, 0.15) is 5.82 Å². The van der Waals surface area contributed by atoms with Crippen LogP contribution in [-0.4, -0.2) is 9.49 Å². The molecule has 3 aromatic carbocycles. The van der Waals surface area contributed by atoms with Crippen LogP contribution in [0.3, 0.4) is 0 Å². The van der Waals surface area contributed by atoms with Crippen molar-refractivity contribution in [1.29, 1.82) is 0 Å². The van der Waals surface area contributed by atoms with Gasteiger partial charge in [-0.1, -0.05) is 42.5 Å². The van der Waals surface area contributed by atoms with Crippen molar-refractivity contribution in [2.45, 2.75) is 17.2 Å². The average Bonchev–Trinajstić information content (AvgIpc) is 3.06. The number of benzene rings is 3. The van der Waals surface area contributed by atoms with Crippen molar-refractivity contribution in [3.8, 4) is 0 Å². The van der Waals surface area contributed by atoms with Crippen molar-refractivity contribution < 1.29 is 9.31 Å². The molecule has 140 valence electrons. The number of nitro groups is 1. The summed E-state index contributed by atoms with van der Waals surface area (Å²) in [6.07, 6.45) is 2.11. The Kier molecular flexibility index (Phi) is 5.12. The van der Waals surface area contributed by atoms with Crippen molar-refractivity contribution >= 4 is 28.4 Å². The highest BCUT2D eigenvalue weighted by molar-refractivity contribution is 7.98. The molecule has 0 fully saturated rings. The van der Waals surface area contributed by atoms with Gasteiger partial charge in [-0.25, -0.2) is 4.39 Å². The molecule has 1 aromatic heterocycles. The van der Waals surface area contributed by atoms with Gasteiger partial charge in [0.15, 0.2) is 0 Å². The van der Waals surface area contributed by atoms with Crippen LogP contribution in [0.4, 0.5) is 10.1 Å². The molecule has 6 heteroatoms. The van der Waals surface area contributed by atoms with E-state index in [4.69, 9.17) is 0 Å². The Morgan fingerprint density at radius 3 is 2.32 bits per heavy atom. The maximum atomic E-state index is 13.1. The van der Waals surface area contributed by atoms with Crippen LogP contribution in [0, 0.1) is 15.9 Å². The van der Waals surface area contributed by atoms with E-state index in [0.717, 1.165) is 32.7 Å². The highest BCUT2D eigenvalue weighted by Crippen LogP contribution is 2.32. The molecule has 4 aromatic rings. The number of halogens is 1. The number of hydrogen-bond acceptors (Lipinski definition) is 3. The van der Waals surface area contributed by atoms with Crippen LogP contribution < -0.4 is 0 Å². The number of para-hydroxylation sites is 1. The Morgan fingerprint density at radius 1 is 0.929 bits per heavy atom. The highest BCUT2D eigenvalue weighted by Gasteiger charge is 2.10. The highest BCUT2D eigenvalue weighted by atomic mass is 32.2. The SMILES string of the molecule is O=[N+]([O-])c1ccc(Cn2cc(SCc3ccc(F)cc3)c3ccccc32)cc1. The average molecular weight is 392 g/mol. The van der Waals surface area contributed by atoms with Gasteiger partial charge in [0.05, 0.1) is 4.92 Å². The van der Waals surface area contributed by atoms with Crippen LogP contribution in [0.25, 0.3) is 10.9 Å². The minimum absolute atomic E-state index is 0.0941. The zero-order valence-corrected chi connectivity index (χ0v) is 15.7. The zero-order valence-electron chi connectivity index (χ0n) is 14.9. The summed E-state index contributed by atoms with van der Waals surface area (Å²) in [6, 6.07) is 21.4. The molecule has 28 heavy (non-hydrogen) atoms. The first-order valence-corrected chi connectivity index (χ1v) is 9.77. The molecule has 0 saturated carbocycles. The van der Waals surface area contributed by atoms with Crippen LogP contribution in [0.15, 0.2) is 83.9 Å². The van der Waals surface area contributed by atoms with Crippen LogP contribution in [0.2, 0.25) is 0 Å². The Labute approximate surface area is 165 Å². The molecule has 0 aliphatic heterocycles. The Morgan fingerprint density at radius 2 is 1.61 bits per heavy atom. The van der Waals surface area contributed by atoms with Gasteiger partial charge >= 0.3 is 0 Å². The van der Waals surface area contributed by atoms with Gasteiger partial charge in [0.25, 0.3) is 5.69 Å². The molecule has 0 bridgehead atoms. The molecule has 0 unspecified atom stereocenters. The molecule has 4 nitrogen and oxygen atoms in total. The molecule has 4 rings (SSSR count). The third-order valence-electron chi connectivity index (χ3n) is 4.56. The fraction of sp³-hybridized carbons (Fsp3) is 0.0909. The first kappa shape index (κ1) is 18.3. The summed E-state index contributed by atoms with van der Waals surface area (Å²) in [6.45, 7) is 0.635. The summed E-state index contributed by atoms with van der Waals surface area (Å²) >= 11 is 1.71. The monoisotopic (exact) mass is 392 g/mol. The molecular formula is C22H17FN2O2S. The fourth-order valence-corrected chi connectivity index (χ4v) is 4.16. The summed E-state index contributed by atoms with van der Waals surface area (Å²) in [5.41, 5.74) is 3.28. The van der Waals surface area contributed by atoms with E-state index in [1.165, 1.54) is 24.3 Å². The Hall–Kier alpha value is -3.12. The van der Waals surface area contributed by atoms with Crippen molar-refractivity contribution in [1.82, 2.24) is 4.57 Å². The van der Waals surface area contributed by atoms with Crippen LogP contribution in [0.5, 0.6) is 0 Å². The van der Waals surface area contributed by atoms with E-state index in [-0.39, 0.29) is 16.4 Å². The third kappa shape index (κ3) is 3.92. The van der Waals surface area contributed by atoms with Gasteiger partial charge in [-0.05, 0) is 29.3 Å². The van der Waals surface area contributed by atoms with E-state index < -0.39 is 0 Å². The number of nitro benzene ring substituents is 1.